The number of amides is 1. The number of allylic oxidation sites excluding steroid dienone is 1. The molecule has 0 aliphatic carbocycles. The third kappa shape index (κ3) is 5.21. The highest BCUT2D eigenvalue weighted by Crippen LogP contribution is 2.11. The monoisotopic (exact) mass is 310 g/mol. The Morgan fingerprint density at radius 2 is 2.04 bits per heavy atom. The molecule has 1 heterocycles. The average Bonchev–Trinajstić information content (AvgIpc) is 2.85. The Labute approximate surface area is 136 Å². The van der Waals surface area contributed by atoms with E-state index in [2.05, 4.69) is 20.7 Å². The van der Waals surface area contributed by atoms with Crippen molar-refractivity contribution in [1.29, 1.82) is 0 Å². The molecule has 0 saturated carbocycles. The number of carbonyl (C=O) groups is 1. The van der Waals surface area contributed by atoms with Crippen molar-refractivity contribution in [3.63, 3.8) is 0 Å². The number of nitrogens with one attached hydrogen (secondary N) is 2. The van der Waals surface area contributed by atoms with Crippen molar-refractivity contribution in [2.45, 2.75) is 33.6 Å². The van der Waals surface area contributed by atoms with Crippen LogP contribution in [0.15, 0.2) is 41.0 Å². The van der Waals surface area contributed by atoms with Crippen LogP contribution in [-0.2, 0) is 11.2 Å². The predicted octanol–water partition coefficient (Wildman–Crippen LogP) is 3.16. The molecule has 5 nitrogen and oxygen atoms in total. The number of rotatable bonds is 6. The molecular weight excluding hydrogens is 288 g/mol. The van der Waals surface area contributed by atoms with E-state index in [1.54, 1.807) is 6.21 Å². The lowest BCUT2D eigenvalue weighted by atomic mass is 10.1. The van der Waals surface area contributed by atoms with E-state index in [0.717, 1.165) is 28.1 Å². The molecule has 1 aromatic carbocycles. The fourth-order valence-corrected chi connectivity index (χ4v) is 2.29. The maximum Gasteiger partial charge on any atom is 0.240 e. The largest absolute Gasteiger partial charge is 0.282 e. The summed E-state index contributed by atoms with van der Waals surface area (Å²) < 4.78 is 0. The van der Waals surface area contributed by atoms with Crippen molar-refractivity contribution in [1.82, 2.24) is 15.6 Å². The molecule has 0 unspecified atom stereocenters. The molecule has 0 fully saturated rings. The number of H-pyrrole nitrogens is 1. The van der Waals surface area contributed by atoms with Gasteiger partial charge in [0.05, 0.1) is 11.9 Å². The van der Waals surface area contributed by atoms with Crippen molar-refractivity contribution in [3.8, 4) is 0 Å². The Morgan fingerprint density at radius 3 is 2.70 bits per heavy atom. The van der Waals surface area contributed by atoms with Gasteiger partial charge in [-0.1, -0.05) is 36.4 Å². The Balaban J connectivity index is 1.81. The predicted molar refractivity (Wildman–Crippen MR) is 93.1 cm³/mol. The van der Waals surface area contributed by atoms with E-state index in [1.165, 1.54) is 0 Å². The number of carbonyl (C=O) groups excluding carboxylic acids is 1. The molecule has 0 radical (unpaired) electrons. The average molecular weight is 310 g/mol. The zero-order valence-electron chi connectivity index (χ0n) is 13.8. The van der Waals surface area contributed by atoms with Gasteiger partial charge in [-0.2, -0.15) is 10.2 Å². The van der Waals surface area contributed by atoms with Gasteiger partial charge in [0.15, 0.2) is 0 Å². The molecule has 0 saturated heterocycles. The number of benzene rings is 1. The molecule has 0 aliphatic rings. The fraction of sp³-hybridized carbons (Fsp3) is 0.278. The maximum atomic E-state index is 11.8. The summed E-state index contributed by atoms with van der Waals surface area (Å²) in [5.41, 5.74) is 7.70. The van der Waals surface area contributed by atoms with Crippen molar-refractivity contribution in [3.05, 3.63) is 58.4 Å². The number of nitrogens with zero attached hydrogens (tertiary/aromatic N) is 2. The summed E-state index contributed by atoms with van der Waals surface area (Å²) >= 11 is 0. The van der Waals surface area contributed by atoms with Crippen LogP contribution < -0.4 is 5.43 Å². The van der Waals surface area contributed by atoms with Gasteiger partial charge in [-0.05, 0) is 43.9 Å². The normalized spacial score (nSPS) is 11.9. The molecule has 0 spiro atoms. The van der Waals surface area contributed by atoms with Gasteiger partial charge in [-0.3, -0.25) is 9.89 Å². The minimum Gasteiger partial charge on any atom is -0.282 e. The lowest BCUT2D eigenvalue weighted by Crippen LogP contribution is -2.18. The molecule has 23 heavy (non-hydrogen) atoms. The second kappa shape index (κ2) is 8.08. The Kier molecular flexibility index (Phi) is 5.86. The lowest BCUT2D eigenvalue weighted by molar-refractivity contribution is -0.121. The zero-order chi connectivity index (χ0) is 16.7. The van der Waals surface area contributed by atoms with Gasteiger partial charge in [0.25, 0.3) is 0 Å². The molecule has 2 aromatic rings. The molecule has 0 aliphatic heterocycles. The summed E-state index contributed by atoms with van der Waals surface area (Å²) in [5, 5.41) is 11.0. The Morgan fingerprint density at radius 1 is 1.30 bits per heavy atom. The van der Waals surface area contributed by atoms with Gasteiger partial charge in [0.2, 0.25) is 5.91 Å². The summed E-state index contributed by atoms with van der Waals surface area (Å²) in [6.45, 7) is 5.84. The molecule has 2 N–H and O–H groups in total. The lowest BCUT2D eigenvalue weighted by Gasteiger charge is -2.01. The van der Waals surface area contributed by atoms with E-state index < -0.39 is 0 Å². The SMILES string of the molecule is CC(C=NNC(=O)CCc1c(C)n[nH]c1C)=Cc1ccccc1. The van der Waals surface area contributed by atoms with Crippen molar-refractivity contribution < 1.29 is 4.79 Å². The summed E-state index contributed by atoms with van der Waals surface area (Å²) in [6, 6.07) is 9.98. The molecule has 120 valence electrons. The van der Waals surface area contributed by atoms with Gasteiger partial charge in [0, 0.05) is 12.1 Å². The number of hydrogen-bond acceptors (Lipinski definition) is 3. The second-order valence-corrected chi connectivity index (χ2v) is 5.50. The van der Waals surface area contributed by atoms with Crippen LogP contribution >= 0.6 is 0 Å². The first-order valence-electron chi connectivity index (χ1n) is 7.62. The smallest absolute Gasteiger partial charge is 0.240 e. The second-order valence-electron chi connectivity index (χ2n) is 5.50. The van der Waals surface area contributed by atoms with Crippen molar-refractivity contribution in [2.24, 2.45) is 5.10 Å². The van der Waals surface area contributed by atoms with Crippen LogP contribution in [0.4, 0.5) is 0 Å². The number of aromatic nitrogens is 2. The number of hydrazone groups is 1. The maximum absolute atomic E-state index is 11.8. The fourth-order valence-electron chi connectivity index (χ4n) is 2.29. The Bertz CT molecular complexity index is 694. The van der Waals surface area contributed by atoms with Crippen LogP contribution in [0.2, 0.25) is 0 Å². The van der Waals surface area contributed by atoms with Crippen molar-refractivity contribution >= 4 is 18.2 Å². The zero-order valence-corrected chi connectivity index (χ0v) is 13.8. The summed E-state index contributed by atoms with van der Waals surface area (Å²) in [7, 11) is 0. The first-order valence-corrected chi connectivity index (χ1v) is 7.62. The van der Waals surface area contributed by atoms with Gasteiger partial charge in [-0.25, -0.2) is 5.43 Å². The molecule has 5 heteroatoms. The molecule has 2 rings (SSSR count). The number of hydrogen-bond donors (Lipinski definition) is 2. The summed E-state index contributed by atoms with van der Waals surface area (Å²) in [5.74, 6) is -0.103. The molecule has 0 atom stereocenters. The van der Waals surface area contributed by atoms with E-state index in [1.807, 2.05) is 57.2 Å². The van der Waals surface area contributed by atoms with E-state index in [9.17, 15) is 4.79 Å². The third-order valence-electron chi connectivity index (χ3n) is 3.53. The topological polar surface area (TPSA) is 70.1 Å². The molecule has 0 bridgehead atoms. The minimum atomic E-state index is -0.103. The first-order chi connectivity index (χ1) is 11.1. The molecular formula is C18H22N4O. The molecule has 1 amide bonds. The van der Waals surface area contributed by atoms with E-state index in [-0.39, 0.29) is 5.91 Å². The third-order valence-corrected chi connectivity index (χ3v) is 3.53. The van der Waals surface area contributed by atoms with Gasteiger partial charge in [0.1, 0.15) is 0 Å². The van der Waals surface area contributed by atoms with Gasteiger partial charge in [-0.15, -0.1) is 0 Å². The highest BCUT2D eigenvalue weighted by Gasteiger charge is 2.08. The van der Waals surface area contributed by atoms with Crippen LogP contribution in [0.3, 0.4) is 0 Å². The van der Waals surface area contributed by atoms with Gasteiger partial charge < -0.3 is 0 Å². The van der Waals surface area contributed by atoms with Crippen LogP contribution in [0.5, 0.6) is 0 Å². The number of aromatic amines is 1. The standard InChI is InChI=1S/C18H22N4O/c1-13(11-16-7-5-4-6-8-16)12-19-22-18(23)10-9-17-14(2)20-21-15(17)3/h4-8,11-12H,9-10H2,1-3H3,(H,20,21)(H,22,23). The highest BCUT2D eigenvalue weighted by atomic mass is 16.2. The minimum absolute atomic E-state index is 0.103. The van der Waals surface area contributed by atoms with E-state index in [0.29, 0.717) is 12.8 Å². The van der Waals surface area contributed by atoms with Crippen LogP contribution in [0.1, 0.15) is 35.9 Å². The first kappa shape index (κ1) is 16.7. The van der Waals surface area contributed by atoms with E-state index in [4.69, 9.17) is 0 Å². The van der Waals surface area contributed by atoms with Crippen LogP contribution in [0.25, 0.3) is 6.08 Å². The summed E-state index contributed by atoms with van der Waals surface area (Å²) in [4.78, 5) is 11.8. The quantitative estimate of drug-likeness (QED) is 0.635. The highest BCUT2D eigenvalue weighted by molar-refractivity contribution is 5.86. The summed E-state index contributed by atoms with van der Waals surface area (Å²) in [6.07, 6.45) is 4.71. The molecule has 1 aromatic heterocycles. The van der Waals surface area contributed by atoms with E-state index >= 15 is 0 Å². The van der Waals surface area contributed by atoms with Crippen LogP contribution in [0, 0.1) is 13.8 Å². The van der Waals surface area contributed by atoms with Crippen LogP contribution in [-0.4, -0.2) is 22.3 Å². The number of aryl methyl sites for hydroxylation is 2. The Hall–Kier alpha value is -2.69. The van der Waals surface area contributed by atoms with Gasteiger partial charge >= 0.3 is 0 Å². The van der Waals surface area contributed by atoms with Crippen molar-refractivity contribution in [2.75, 3.05) is 0 Å².